The van der Waals surface area contributed by atoms with Crippen molar-refractivity contribution in [3.8, 4) is 0 Å². The Balaban J connectivity index is 1.76. The molecule has 1 aromatic carbocycles. The normalized spacial score (nSPS) is 15.5. The summed E-state index contributed by atoms with van der Waals surface area (Å²) in [6.07, 6.45) is 0. The van der Waals surface area contributed by atoms with E-state index in [9.17, 15) is 4.79 Å². The second kappa shape index (κ2) is 10.4. The zero-order valence-corrected chi connectivity index (χ0v) is 20.1. The molecule has 0 saturated carbocycles. The molecule has 1 saturated heterocycles. The Morgan fingerprint density at radius 1 is 1.17 bits per heavy atom. The van der Waals surface area contributed by atoms with Gasteiger partial charge in [-0.2, -0.15) is 0 Å². The molecule has 2 heterocycles. The number of hydrogen-bond acceptors (Lipinski definition) is 6. The van der Waals surface area contributed by atoms with Crippen LogP contribution in [0.15, 0.2) is 17.3 Å². The predicted molar refractivity (Wildman–Crippen MR) is 123 cm³/mol. The van der Waals surface area contributed by atoms with E-state index in [4.69, 9.17) is 39.5 Å². The number of morpholine rings is 1. The molecule has 1 aliphatic rings. The molecule has 2 aromatic rings. The fourth-order valence-corrected chi connectivity index (χ4v) is 4.75. The molecule has 1 aliphatic heterocycles. The van der Waals surface area contributed by atoms with E-state index in [-0.39, 0.29) is 16.0 Å². The standard InChI is InChI=1S/C19H24Cl3N5O2S/c1-11(2)10-27-18(26-4-6-29-7-5-26)24-25-19(27)30-12(3)17(28)23-16-14(21)8-13(20)9-15(16)22/h8-9,11-12H,4-7,10H2,1-3H3,(H,23,28). The molecule has 1 unspecified atom stereocenters. The summed E-state index contributed by atoms with van der Waals surface area (Å²) in [5.74, 6) is 0.972. The van der Waals surface area contributed by atoms with Crippen molar-refractivity contribution in [3.05, 3.63) is 27.2 Å². The smallest absolute Gasteiger partial charge is 0.237 e. The molecule has 0 spiro atoms. The molecule has 30 heavy (non-hydrogen) atoms. The van der Waals surface area contributed by atoms with Gasteiger partial charge in [0.05, 0.1) is 34.2 Å². The Morgan fingerprint density at radius 2 is 1.80 bits per heavy atom. The van der Waals surface area contributed by atoms with Crippen LogP contribution < -0.4 is 10.2 Å². The van der Waals surface area contributed by atoms with Gasteiger partial charge in [-0.3, -0.25) is 9.36 Å². The number of rotatable bonds is 7. The van der Waals surface area contributed by atoms with Gasteiger partial charge in [0.15, 0.2) is 5.16 Å². The van der Waals surface area contributed by atoms with E-state index in [0.717, 1.165) is 25.6 Å². The molecule has 11 heteroatoms. The van der Waals surface area contributed by atoms with Crippen molar-refractivity contribution in [2.45, 2.75) is 37.7 Å². The Morgan fingerprint density at radius 3 is 2.40 bits per heavy atom. The van der Waals surface area contributed by atoms with E-state index in [1.165, 1.54) is 23.9 Å². The average Bonchev–Trinajstić information content (AvgIpc) is 3.06. The van der Waals surface area contributed by atoms with Crippen LogP contribution in [0.5, 0.6) is 0 Å². The third-order valence-electron chi connectivity index (χ3n) is 4.45. The number of carbonyl (C=O) groups is 1. The highest BCUT2D eigenvalue weighted by Gasteiger charge is 2.25. The molecule has 1 aromatic heterocycles. The topological polar surface area (TPSA) is 72.3 Å². The van der Waals surface area contributed by atoms with Crippen LogP contribution in [0.25, 0.3) is 0 Å². The van der Waals surface area contributed by atoms with E-state index in [0.29, 0.717) is 35.0 Å². The highest BCUT2D eigenvalue weighted by molar-refractivity contribution is 8.00. The van der Waals surface area contributed by atoms with Crippen molar-refractivity contribution in [3.63, 3.8) is 0 Å². The fraction of sp³-hybridized carbons (Fsp3) is 0.526. The van der Waals surface area contributed by atoms with Crippen molar-refractivity contribution in [1.82, 2.24) is 14.8 Å². The largest absolute Gasteiger partial charge is 0.378 e. The van der Waals surface area contributed by atoms with Crippen LogP contribution in [0, 0.1) is 5.92 Å². The van der Waals surface area contributed by atoms with Gasteiger partial charge in [-0.25, -0.2) is 0 Å². The molecule has 1 N–H and O–H groups in total. The van der Waals surface area contributed by atoms with Crippen LogP contribution in [-0.4, -0.2) is 52.2 Å². The van der Waals surface area contributed by atoms with Crippen LogP contribution in [0.2, 0.25) is 15.1 Å². The summed E-state index contributed by atoms with van der Waals surface area (Å²) in [4.78, 5) is 14.9. The molecule has 7 nitrogen and oxygen atoms in total. The van der Waals surface area contributed by atoms with E-state index >= 15 is 0 Å². The number of thioether (sulfide) groups is 1. The number of carbonyl (C=O) groups excluding carboxylic acids is 1. The van der Waals surface area contributed by atoms with Gasteiger partial charge in [-0.1, -0.05) is 60.4 Å². The Hall–Kier alpha value is -1.19. The first kappa shape index (κ1) is 23.5. The van der Waals surface area contributed by atoms with E-state index in [2.05, 4.69) is 38.8 Å². The van der Waals surface area contributed by atoms with Crippen LogP contribution in [0.4, 0.5) is 11.6 Å². The van der Waals surface area contributed by atoms with Crippen LogP contribution in [-0.2, 0) is 16.1 Å². The number of anilines is 2. The minimum atomic E-state index is -0.444. The molecule has 1 amide bonds. The number of nitrogens with zero attached hydrogens (tertiary/aromatic N) is 4. The van der Waals surface area contributed by atoms with Gasteiger partial charge in [-0.05, 0) is 25.0 Å². The predicted octanol–water partition coefficient (Wildman–Crippen LogP) is 4.85. The molecule has 1 fully saturated rings. The van der Waals surface area contributed by atoms with E-state index < -0.39 is 5.25 Å². The van der Waals surface area contributed by atoms with Gasteiger partial charge in [0.25, 0.3) is 0 Å². The highest BCUT2D eigenvalue weighted by atomic mass is 35.5. The summed E-state index contributed by atoms with van der Waals surface area (Å²) >= 11 is 19.7. The number of aromatic nitrogens is 3. The highest BCUT2D eigenvalue weighted by Crippen LogP contribution is 2.35. The lowest BCUT2D eigenvalue weighted by atomic mass is 10.2. The first-order valence-electron chi connectivity index (χ1n) is 9.64. The molecule has 164 valence electrons. The van der Waals surface area contributed by atoms with Gasteiger partial charge in [0.1, 0.15) is 0 Å². The summed E-state index contributed by atoms with van der Waals surface area (Å²) in [6, 6.07) is 3.08. The first-order valence-corrected chi connectivity index (χ1v) is 11.7. The zero-order chi connectivity index (χ0) is 21.8. The molecular formula is C19H24Cl3N5O2S. The van der Waals surface area contributed by atoms with Gasteiger partial charge >= 0.3 is 0 Å². The van der Waals surface area contributed by atoms with Crippen molar-refractivity contribution in [1.29, 1.82) is 0 Å². The first-order chi connectivity index (χ1) is 14.3. The Bertz CT molecular complexity index is 879. The van der Waals surface area contributed by atoms with Gasteiger partial charge < -0.3 is 15.0 Å². The summed E-state index contributed by atoms with van der Waals surface area (Å²) in [6.45, 7) is 9.70. The van der Waals surface area contributed by atoms with Gasteiger partial charge in [-0.15, -0.1) is 10.2 Å². The fourth-order valence-electron chi connectivity index (χ4n) is 2.99. The van der Waals surface area contributed by atoms with Crippen molar-refractivity contribution in [2.24, 2.45) is 5.92 Å². The summed E-state index contributed by atoms with van der Waals surface area (Å²) in [7, 11) is 0. The van der Waals surface area contributed by atoms with Gasteiger partial charge in [0, 0.05) is 24.7 Å². The second-order valence-corrected chi connectivity index (χ2v) is 9.94. The van der Waals surface area contributed by atoms with Crippen molar-refractivity contribution < 1.29 is 9.53 Å². The van der Waals surface area contributed by atoms with Crippen molar-refractivity contribution >= 4 is 64.1 Å². The number of halogens is 3. The molecule has 0 bridgehead atoms. The third kappa shape index (κ3) is 5.73. The van der Waals surface area contributed by atoms with Crippen LogP contribution in [0.3, 0.4) is 0 Å². The number of amides is 1. The molecular weight excluding hydrogens is 469 g/mol. The van der Waals surface area contributed by atoms with Gasteiger partial charge in [0.2, 0.25) is 11.9 Å². The Labute approximate surface area is 195 Å². The number of ether oxygens (including phenoxy) is 1. The number of benzene rings is 1. The monoisotopic (exact) mass is 491 g/mol. The summed E-state index contributed by atoms with van der Waals surface area (Å²) in [5, 5.41) is 12.8. The minimum absolute atomic E-state index is 0.238. The minimum Gasteiger partial charge on any atom is -0.378 e. The zero-order valence-electron chi connectivity index (χ0n) is 17.0. The lowest BCUT2D eigenvalue weighted by Crippen LogP contribution is -2.38. The summed E-state index contributed by atoms with van der Waals surface area (Å²) < 4.78 is 7.52. The number of nitrogens with one attached hydrogen (secondary N) is 1. The molecule has 0 aliphatic carbocycles. The van der Waals surface area contributed by atoms with Crippen LogP contribution >= 0.6 is 46.6 Å². The number of hydrogen-bond donors (Lipinski definition) is 1. The molecule has 3 rings (SSSR count). The molecule has 0 radical (unpaired) electrons. The summed E-state index contributed by atoms with van der Waals surface area (Å²) in [5.41, 5.74) is 0.345. The second-order valence-electron chi connectivity index (χ2n) is 7.38. The third-order valence-corrected chi connectivity index (χ3v) is 6.34. The SMILES string of the molecule is CC(C)Cn1c(SC(C)C(=O)Nc2c(Cl)cc(Cl)cc2Cl)nnc1N1CCOCC1. The maximum Gasteiger partial charge on any atom is 0.237 e. The lowest BCUT2D eigenvalue weighted by Gasteiger charge is -2.28. The average molecular weight is 493 g/mol. The maximum atomic E-state index is 12.8. The van der Waals surface area contributed by atoms with Crippen molar-refractivity contribution in [2.75, 3.05) is 36.5 Å². The van der Waals surface area contributed by atoms with Crippen LogP contribution in [0.1, 0.15) is 20.8 Å². The molecule has 1 atom stereocenters. The van der Waals surface area contributed by atoms with E-state index in [1.807, 2.05) is 0 Å². The lowest BCUT2D eigenvalue weighted by molar-refractivity contribution is -0.115. The quantitative estimate of drug-likeness (QED) is 0.557. The van der Waals surface area contributed by atoms with E-state index in [1.54, 1.807) is 6.92 Å². The maximum absolute atomic E-state index is 12.8. The Kier molecular flexibility index (Phi) is 8.15.